The van der Waals surface area contributed by atoms with Crippen LogP contribution in [0.15, 0.2) is 87.8 Å². The molecule has 10 heteroatoms. The van der Waals surface area contributed by atoms with Crippen molar-refractivity contribution in [2.75, 3.05) is 6.61 Å². The van der Waals surface area contributed by atoms with Crippen molar-refractivity contribution in [3.63, 3.8) is 0 Å². The highest BCUT2D eigenvalue weighted by molar-refractivity contribution is 14.1. The summed E-state index contributed by atoms with van der Waals surface area (Å²) in [4.78, 5) is 32.0. The number of rotatable bonds is 7. The summed E-state index contributed by atoms with van der Waals surface area (Å²) in [5.41, 5.74) is 3.23. The van der Waals surface area contributed by atoms with Gasteiger partial charge in [0.2, 0.25) is 0 Å². The minimum absolute atomic E-state index is 0.218. The van der Waals surface area contributed by atoms with Gasteiger partial charge in [0.25, 0.3) is 5.56 Å². The molecule has 2 heterocycles. The van der Waals surface area contributed by atoms with Gasteiger partial charge in [-0.15, -0.1) is 0 Å². The molecule has 0 saturated heterocycles. The number of aromatic nitrogens is 1. The molecule has 1 atom stereocenters. The number of ether oxygens (including phenoxy) is 2. The minimum Gasteiger partial charge on any atom is -0.488 e. The first-order chi connectivity index (χ1) is 19.2. The van der Waals surface area contributed by atoms with Crippen molar-refractivity contribution in [2.45, 2.75) is 26.5 Å². The Morgan fingerprint density at radius 1 is 1.12 bits per heavy atom. The van der Waals surface area contributed by atoms with Crippen molar-refractivity contribution >= 4 is 80.2 Å². The van der Waals surface area contributed by atoms with Crippen molar-refractivity contribution in [1.29, 1.82) is 0 Å². The molecule has 0 aliphatic carbocycles. The number of benzene rings is 3. The fourth-order valence-electron chi connectivity index (χ4n) is 4.43. The predicted molar refractivity (Wildman–Crippen MR) is 175 cm³/mol. The summed E-state index contributed by atoms with van der Waals surface area (Å²) in [5.74, 6) is 0.336. The second kappa shape index (κ2) is 12.6. The lowest BCUT2D eigenvalue weighted by molar-refractivity contribution is -0.139. The second-order valence-electron chi connectivity index (χ2n) is 8.96. The molecule has 0 fully saturated rings. The standard InChI is InChI=1S/C30H23ClI2N2O4S/c1-3-38-29(37)26-17(2)34-30-35(27(26)20-7-9-21(31)10-8-20)28(36)25(40-30)14-18-5-4-6-19(13-18)16-39-24-12-11-22(32)15-23(24)33/h4-15,27H,3,16H2,1-2H3/b25-14-/t27-/m0/s1. The smallest absolute Gasteiger partial charge is 0.338 e. The molecular formula is C30H23ClI2N2O4S. The Morgan fingerprint density at radius 3 is 2.62 bits per heavy atom. The van der Waals surface area contributed by atoms with E-state index in [0.717, 1.165) is 29.6 Å². The van der Waals surface area contributed by atoms with E-state index in [-0.39, 0.29) is 12.2 Å². The molecule has 4 aromatic rings. The highest BCUT2D eigenvalue weighted by Crippen LogP contribution is 2.31. The normalized spacial score (nSPS) is 15.0. The summed E-state index contributed by atoms with van der Waals surface area (Å²) in [6, 6.07) is 20.4. The first-order valence-electron chi connectivity index (χ1n) is 12.4. The van der Waals surface area contributed by atoms with Gasteiger partial charge in [-0.1, -0.05) is 53.3 Å². The largest absolute Gasteiger partial charge is 0.488 e. The van der Waals surface area contributed by atoms with Crippen LogP contribution in [0.1, 0.15) is 36.6 Å². The molecule has 204 valence electrons. The van der Waals surface area contributed by atoms with Gasteiger partial charge in [-0.2, -0.15) is 0 Å². The van der Waals surface area contributed by atoms with Crippen LogP contribution in [-0.2, 0) is 16.1 Å². The summed E-state index contributed by atoms with van der Waals surface area (Å²) >= 11 is 12.0. The van der Waals surface area contributed by atoms with Gasteiger partial charge in [0.1, 0.15) is 12.4 Å². The Hall–Kier alpha value is -2.48. The van der Waals surface area contributed by atoms with Gasteiger partial charge in [0, 0.05) is 8.59 Å². The first-order valence-corrected chi connectivity index (χ1v) is 15.7. The van der Waals surface area contributed by atoms with E-state index in [1.54, 1.807) is 30.5 Å². The van der Waals surface area contributed by atoms with Crippen LogP contribution in [0.2, 0.25) is 5.02 Å². The molecule has 0 radical (unpaired) electrons. The van der Waals surface area contributed by atoms with E-state index in [0.29, 0.717) is 32.2 Å². The van der Waals surface area contributed by atoms with Gasteiger partial charge in [-0.05, 0) is 118 Å². The maximum atomic E-state index is 13.8. The zero-order chi connectivity index (χ0) is 28.4. The van der Waals surface area contributed by atoms with Crippen LogP contribution in [0.4, 0.5) is 0 Å². The third-order valence-electron chi connectivity index (χ3n) is 6.24. The Bertz CT molecular complexity index is 1810. The maximum Gasteiger partial charge on any atom is 0.338 e. The van der Waals surface area contributed by atoms with Crippen molar-refractivity contribution in [1.82, 2.24) is 4.57 Å². The van der Waals surface area contributed by atoms with Crippen LogP contribution in [0, 0.1) is 7.14 Å². The van der Waals surface area contributed by atoms with Crippen molar-refractivity contribution in [3.8, 4) is 5.75 Å². The van der Waals surface area contributed by atoms with E-state index < -0.39 is 12.0 Å². The van der Waals surface area contributed by atoms with E-state index in [1.165, 1.54) is 11.3 Å². The fraction of sp³-hybridized carbons (Fsp3) is 0.167. The Morgan fingerprint density at radius 2 is 1.90 bits per heavy atom. The Labute approximate surface area is 267 Å². The molecule has 40 heavy (non-hydrogen) atoms. The van der Waals surface area contributed by atoms with Crippen LogP contribution >= 0.6 is 68.1 Å². The zero-order valence-corrected chi connectivity index (χ0v) is 27.4. The second-order valence-corrected chi connectivity index (χ2v) is 12.8. The third-order valence-corrected chi connectivity index (χ3v) is 8.99. The summed E-state index contributed by atoms with van der Waals surface area (Å²) in [6.45, 7) is 4.14. The number of carbonyl (C=O) groups is 1. The minimum atomic E-state index is -0.675. The number of esters is 1. The highest BCUT2D eigenvalue weighted by Gasteiger charge is 2.33. The van der Waals surface area contributed by atoms with Gasteiger partial charge >= 0.3 is 5.97 Å². The van der Waals surface area contributed by atoms with Crippen LogP contribution in [0.3, 0.4) is 0 Å². The zero-order valence-electron chi connectivity index (χ0n) is 21.5. The van der Waals surface area contributed by atoms with Gasteiger partial charge in [0.05, 0.1) is 32.0 Å². The average molecular weight is 797 g/mol. The molecular weight excluding hydrogens is 774 g/mol. The number of allylic oxidation sites excluding steroid dienone is 1. The molecule has 1 aromatic heterocycles. The molecule has 0 unspecified atom stereocenters. The van der Waals surface area contributed by atoms with E-state index >= 15 is 0 Å². The maximum absolute atomic E-state index is 13.8. The van der Waals surface area contributed by atoms with Gasteiger partial charge < -0.3 is 9.47 Å². The van der Waals surface area contributed by atoms with Gasteiger partial charge in [-0.25, -0.2) is 9.79 Å². The van der Waals surface area contributed by atoms with E-state index in [9.17, 15) is 9.59 Å². The topological polar surface area (TPSA) is 69.9 Å². The molecule has 0 saturated carbocycles. The van der Waals surface area contributed by atoms with Crippen molar-refractivity contribution in [3.05, 3.63) is 127 Å². The number of carbonyl (C=O) groups excluding carboxylic acids is 1. The summed E-state index contributed by atoms with van der Waals surface area (Å²) in [5, 5.41) is 0.565. The molecule has 6 nitrogen and oxygen atoms in total. The number of nitrogens with zero attached hydrogens (tertiary/aromatic N) is 2. The van der Waals surface area contributed by atoms with Crippen LogP contribution in [0.5, 0.6) is 5.75 Å². The van der Waals surface area contributed by atoms with Gasteiger partial charge in [0.15, 0.2) is 4.80 Å². The highest BCUT2D eigenvalue weighted by atomic mass is 127. The number of halogens is 3. The lowest BCUT2D eigenvalue weighted by atomic mass is 9.96. The lowest BCUT2D eigenvalue weighted by Crippen LogP contribution is -2.39. The van der Waals surface area contributed by atoms with Crippen LogP contribution in [-0.4, -0.2) is 17.1 Å². The molecule has 0 N–H and O–H groups in total. The summed E-state index contributed by atoms with van der Waals surface area (Å²) in [6.07, 6.45) is 1.85. The summed E-state index contributed by atoms with van der Waals surface area (Å²) in [7, 11) is 0. The molecule has 0 bridgehead atoms. The molecule has 5 rings (SSSR count). The average Bonchev–Trinajstić information content (AvgIpc) is 3.22. The van der Waals surface area contributed by atoms with Crippen molar-refractivity contribution in [2.24, 2.45) is 4.99 Å². The summed E-state index contributed by atoms with van der Waals surface area (Å²) < 4.78 is 15.7. The Kier molecular flexibility index (Phi) is 9.13. The molecule has 0 amide bonds. The molecule has 3 aromatic carbocycles. The fourth-order valence-corrected chi connectivity index (χ4v) is 7.36. The van der Waals surface area contributed by atoms with E-state index in [2.05, 4.69) is 56.2 Å². The number of fused-ring (bicyclic) bond motifs is 1. The first kappa shape index (κ1) is 29.0. The van der Waals surface area contributed by atoms with Crippen LogP contribution in [0.25, 0.3) is 6.08 Å². The predicted octanol–water partition coefficient (Wildman–Crippen LogP) is 6.24. The quantitative estimate of drug-likeness (QED) is 0.164. The van der Waals surface area contributed by atoms with E-state index in [1.807, 2.05) is 54.6 Å². The van der Waals surface area contributed by atoms with E-state index in [4.69, 9.17) is 21.1 Å². The molecule has 1 aliphatic rings. The molecule has 1 aliphatic heterocycles. The SMILES string of the molecule is CCOC(=O)C1=C(C)N=c2s/c(=C\c3cccc(COc4ccc(I)cc4I)c3)c(=O)n2[C@H]1c1ccc(Cl)cc1. The lowest BCUT2D eigenvalue weighted by Gasteiger charge is -2.24. The van der Waals surface area contributed by atoms with Crippen LogP contribution < -0.4 is 19.6 Å². The number of hydrogen-bond acceptors (Lipinski definition) is 6. The number of thiazole rings is 1. The third kappa shape index (κ3) is 6.22. The van der Waals surface area contributed by atoms with Crippen molar-refractivity contribution < 1.29 is 14.3 Å². The monoisotopic (exact) mass is 796 g/mol. The Balaban J connectivity index is 1.53. The molecule has 0 spiro atoms. The number of hydrogen-bond donors (Lipinski definition) is 0. The van der Waals surface area contributed by atoms with Gasteiger partial charge in [-0.3, -0.25) is 9.36 Å².